The molecule has 14 heavy (non-hydrogen) atoms. The zero-order valence-electron chi connectivity index (χ0n) is 9.03. The summed E-state index contributed by atoms with van der Waals surface area (Å²) in [5, 5.41) is 0. The molecule has 1 aromatic heterocycles. The van der Waals surface area contributed by atoms with Gasteiger partial charge in [-0.15, -0.1) is 0 Å². The van der Waals surface area contributed by atoms with E-state index in [-0.39, 0.29) is 5.41 Å². The van der Waals surface area contributed by atoms with Gasteiger partial charge in [0.1, 0.15) is 5.82 Å². The molecular formula is C9H16N2OS2. The van der Waals surface area contributed by atoms with Crippen LogP contribution in [0.3, 0.4) is 0 Å². The van der Waals surface area contributed by atoms with Gasteiger partial charge in [-0.25, -0.2) is 4.98 Å². The second kappa shape index (κ2) is 5.09. The van der Waals surface area contributed by atoms with Crippen LogP contribution >= 0.6 is 23.3 Å². The zero-order chi connectivity index (χ0) is 10.6. The molecule has 80 valence electrons. The van der Waals surface area contributed by atoms with E-state index in [0.717, 1.165) is 22.5 Å². The first kappa shape index (κ1) is 11.9. The Bertz CT molecular complexity index is 281. The van der Waals surface area contributed by atoms with E-state index in [9.17, 15) is 0 Å². The van der Waals surface area contributed by atoms with Crippen LogP contribution in [0.5, 0.6) is 0 Å². The predicted octanol–water partition coefficient (Wildman–Crippen LogP) is 2.57. The van der Waals surface area contributed by atoms with Crippen molar-refractivity contribution in [3.8, 4) is 0 Å². The highest BCUT2D eigenvalue weighted by Crippen LogP contribution is 2.25. The Hall–Kier alpha value is -0.130. The Morgan fingerprint density at radius 2 is 2.14 bits per heavy atom. The normalized spacial score (nSPS) is 12.0. The van der Waals surface area contributed by atoms with E-state index in [1.54, 1.807) is 18.9 Å². The van der Waals surface area contributed by atoms with E-state index >= 15 is 0 Å². The fraction of sp³-hybridized carbons (Fsp3) is 0.778. The molecule has 0 radical (unpaired) electrons. The summed E-state index contributed by atoms with van der Waals surface area (Å²) < 4.78 is 10.3. The van der Waals surface area contributed by atoms with Gasteiger partial charge in [-0.1, -0.05) is 32.5 Å². The highest BCUT2D eigenvalue weighted by atomic mass is 32.2. The van der Waals surface area contributed by atoms with Crippen LogP contribution in [-0.2, 0) is 10.2 Å². The molecule has 1 aromatic rings. The molecule has 0 spiro atoms. The predicted molar refractivity (Wildman–Crippen MR) is 61.2 cm³/mol. The van der Waals surface area contributed by atoms with Gasteiger partial charge in [0.05, 0.1) is 6.61 Å². The minimum absolute atomic E-state index is 0.0521. The van der Waals surface area contributed by atoms with Crippen molar-refractivity contribution in [2.75, 3.05) is 19.5 Å². The Balaban J connectivity index is 2.51. The summed E-state index contributed by atoms with van der Waals surface area (Å²) in [6, 6.07) is 0. The highest BCUT2D eigenvalue weighted by Gasteiger charge is 2.19. The monoisotopic (exact) mass is 232 g/mol. The maximum absolute atomic E-state index is 4.97. The first-order valence-corrected chi connectivity index (χ1v) is 6.26. The molecule has 0 aliphatic heterocycles. The highest BCUT2D eigenvalue weighted by molar-refractivity contribution is 8.00. The maximum atomic E-state index is 4.97. The lowest BCUT2D eigenvalue weighted by molar-refractivity contribution is 0.218. The van der Waals surface area contributed by atoms with Crippen molar-refractivity contribution in [2.45, 2.75) is 30.5 Å². The smallest absolute Gasteiger partial charge is 0.170 e. The summed E-state index contributed by atoms with van der Waals surface area (Å²) in [6.45, 7) is 7.13. The summed E-state index contributed by atoms with van der Waals surface area (Å²) in [6.07, 6.45) is 0. The molecule has 5 heteroatoms. The van der Waals surface area contributed by atoms with Crippen LogP contribution in [0.4, 0.5) is 0 Å². The molecule has 0 saturated heterocycles. The third kappa shape index (κ3) is 3.55. The molecule has 0 N–H and O–H groups in total. The summed E-state index contributed by atoms with van der Waals surface area (Å²) in [7, 11) is 1.71. The lowest BCUT2D eigenvalue weighted by Crippen LogP contribution is -2.12. The van der Waals surface area contributed by atoms with Crippen LogP contribution in [0, 0.1) is 0 Å². The second-order valence-electron chi connectivity index (χ2n) is 3.98. The minimum Gasteiger partial charge on any atom is -0.384 e. The van der Waals surface area contributed by atoms with Crippen molar-refractivity contribution in [1.29, 1.82) is 0 Å². The average Bonchev–Trinajstić information content (AvgIpc) is 2.52. The number of hydrogen-bond acceptors (Lipinski definition) is 5. The van der Waals surface area contributed by atoms with Crippen LogP contribution < -0.4 is 0 Å². The molecule has 1 rings (SSSR count). The SMILES string of the molecule is COCCSc1nc(C(C)(C)C)ns1. The fourth-order valence-electron chi connectivity index (χ4n) is 0.785. The largest absolute Gasteiger partial charge is 0.384 e. The van der Waals surface area contributed by atoms with Gasteiger partial charge in [0.15, 0.2) is 4.34 Å². The van der Waals surface area contributed by atoms with Crippen molar-refractivity contribution in [2.24, 2.45) is 0 Å². The number of methoxy groups -OCH3 is 1. The van der Waals surface area contributed by atoms with E-state index in [0.29, 0.717) is 0 Å². The van der Waals surface area contributed by atoms with Crippen molar-refractivity contribution < 1.29 is 4.74 Å². The number of ether oxygens (including phenoxy) is 1. The van der Waals surface area contributed by atoms with Crippen LogP contribution in [0.25, 0.3) is 0 Å². The molecule has 0 aliphatic rings. The lowest BCUT2D eigenvalue weighted by Gasteiger charge is -2.12. The Morgan fingerprint density at radius 3 is 2.64 bits per heavy atom. The molecule has 3 nitrogen and oxygen atoms in total. The number of hydrogen-bond donors (Lipinski definition) is 0. The lowest BCUT2D eigenvalue weighted by atomic mass is 9.96. The standard InChI is InChI=1S/C9H16N2OS2/c1-9(2,3)7-10-8(14-11-7)13-6-5-12-4/h5-6H2,1-4H3. The van der Waals surface area contributed by atoms with Gasteiger partial charge in [0.2, 0.25) is 0 Å². The van der Waals surface area contributed by atoms with Crippen LogP contribution in [-0.4, -0.2) is 28.8 Å². The maximum Gasteiger partial charge on any atom is 0.170 e. The van der Waals surface area contributed by atoms with Crippen molar-refractivity contribution >= 4 is 23.3 Å². The van der Waals surface area contributed by atoms with Gasteiger partial charge < -0.3 is 4.74 Å². The topological polar surface area (TPSA) is 35.0 Å². The molecule has 0 saturated carbocycles. The molecule has 0 aromatic carbocycles. The van der Waals surface area contributed by atoms with Crippen LogP contribution in [0.15, 0.2) is 4.34 Å². The number of thioether (sulfide) groups is 1. The minimum atomic E-state index is 0.0521. The molecular weight excluding hydrogens is 216 g/mol. The van der Waals surface area contributed by atoms with Gasteiger partial charge in [-0.3, -0.25) is 0 Å². The molecule has 1 heterocycles. The van der Waals surface area contributed by atoms with E-state index < -0.39 is 0 Å². The number of nitrogens with zero attached hydrogens (tertiary/aromatic N) is 2. The van der Waals surface area contributed by atoms with E-state index in [1.807, 2.05) is 0 Å². The molecule has 0 fully saturated rings. The molecule has 0 aliphatic carbocycles. The van der Waals surface area contributed by atoms with E-state index in [4.69, 9.17) is 4.74 Å². The quantitative estimate of drug-likeness (QED) is 0.590. The number of rotatable bonds is 4. The van der Waals surface area contributed by atoms with Gasteiger partial charge >= 0.3 is 0 Å². The Morgan fingerprint density at radius 1 is 1.43 bits per heavy atom. The second-order valence-corrected chi connectivity index (χ2v) is 6.07. The average molecular weight is 232 g/mol. The van der Waals surface area contributed by atoms with Crippen LogP contribution in [0.1, 0.15) is 26.6 Å². The van der Waals surface area contributed by atoms with Crippen molar-refractivity contribution in [1.82, 2.24) is 9.36 Å². The third-order valence-corrected chi connectivity index (χ3v) is 3.39. The summed E-state index contributed by atoms with van der Waals surface area (Å²) in [4.78, 5) is 4.47. The molecule has 0 unspecified atom stereocenters. The van der Waals surface area contributed by atoms with E-state index in [1.165, 1.54) is 11.5 Å². The first-order chi connectivity index (χ1) is 6.54. The zero-order valence-corrected chi connectivity index (χ0v) is 10.7. The first-order valence-electron chi connectivity index (χ1n) is 4.50. The Labute approximate surface area is 93.4 Å². The molecule has 0 amide bonds. The van der Waals surface area contributed by atoms with Crippen LogP contribution in [0.2, 0.25) is 0 Å². The third-order valence-electron chi connectivity index (χ3n) is 1.59. The van der Waals surface area contributed by atoms with E-state index in [2.05, 4.69) is 30.1 Å². The van der Waals surface area contributed by atoms with Crippen molar-refractivity contribution in [3.05, 3.63) is 5.82 Å². The Kier molecular flexibility index (Phi) is 4.34. The summed E-state index contributed by atoms with van der Waals surface area (Å²) in [5.74, 6) is 1.87. The van der Waals surface area contributed by atoms with Gasteiger partial charge in [0, 0.05) is 18.3 Å². The summed E-state index contributed by atoms with van der Waals surface area (Å²) >= 11 is 3.18. The fourth-order valence-corrected chi connectivity index (χ4v) is 2.54. The molecule has 0 bridgehead atoms. The van der Waals surface area contributed by atoms with Gasteiger partial charge in [0.25, 0.3) is 0 Å². The molecule has 0 atom stereocenters. The van der Waals surface area contributed by atoms with Gasteiger partial charge in [-0.2, -0.15) is 4.37 Å². The van der Waals surface area contributed by atoms with Gasteiger partial charge in [-0.05, 0) is 11.5 Å². The number of aromatic nitrogens is 2. The summed E-state index contributed by atoms with van der Waals surface area (Å²) in [5.41, 5.74) is 0.0521. The van der Waals surface area contributed by atoms with Crippen molar-refractivity contribution in [3.63, 3.8) is 0 Å².